The Hall–Kier alpha value is -0.790. The average molecular weight is 365 g/mol. The van der Waals surface area contributed by atoms with Gasteiger partial charge in [0.25, 0.3) is 0 Å². The van der Waals surface area contributed by atoms with Crippen LogP contribution in [0.2, 0.25) is 0 Å². The van der Waals surface area contributed by atoms with E-state index in [9.17, 15) is 0 Å². The molecule has 0 radical (unpaired) electrons. The van der Waals surface area contributed by atoms with Crippen LogP contribution in [0.5, 0.6) is 0 Å². The van der Waals surface area contributed by atoms with Gasteiger partial charge < -0.3 is 15.2 Å². The van der Waals surface area contributed by atoms with Crippen LogP contribution in [0, 0.1) is 0 Å². The lowest BCUT2D eigenvalue weighted by atomic mass is 10.4. The van der Waals surface area contributed by atoms with E-state index in [1.165, 1.54) is 0 Å². The topological polar surface area (TPSA) is 54.2 Å². The maximum atomic E-state index is 4.51. The summed E-state index contributed by atoms with van der Waals surface area (Å²) in [5.74, 6) is 0.896. The Labute approximate surface area is 126 Å². The van der Waals surface area contributed by atoms with E-state index in [0.717, 1.165) is 32.0 Å². The third kappa shape index (κ3) is 7.52. The molecule has 6 heteroatoms. The molecule has 1 heterocycles. The van der Waals surface area contributed by atoms with Gasteiger partial charge in [0.15, 0.2) is 5.96 Å². The van der Waals surface area contributed by atoms with Gasteiger partial charge in [-0.15, -0.1) is 24.0 Å². The summed E-state index contributed by atoms with van der Waals surface area (Å²) in [5, 5.41) is 6.52. The van der Waals surface area contributed by atoms with Crippen LogP contribution >= 0.6 is 24.0 Å². The highest BCUT2D eigenvalue weighted by Gasteiger charge is 1.98. The molecule has 0 unspecified atom stereocenters. The lowest BCUT2D eigenvalue weighted by Gasteiger charge is -2.13. The van der Waals surface area contributed by atoms with Crippen molar-refractivity contribution in [3.63, 3.8) is 0 Å². The molecule has 1 aromatic rings. The first-order valence-electron chi connectivity index (χ1n) is 6.23. The van der Waals surface area contributed by atoms with Crippen molar-refractivity contribution in [2.24, 2.45) is 4.99 Å². The molecule has 104 valence electrons. The van der Waals surface area contributed by atoms with Crippen molar-refractivity contribution in [2.75, 3.05) is 13.1 Å². The number of hydrogen-bond donors (Lipinski definition) is 2. The second kappa shape index (κ2) is 10.2. The summed E-state index contributed by atoms with van der Waals surface area (Å²) in [4.78, 5) is 8.52. The molecule has 0 spiro atoms. The monoisotopic (exact) mass is 365 g/mol. The molecule has 0 atom stereocenters. The van der Waals surface area contributed by atoms with Crippen LogP contribution < -0.4 is 10.6 Å². The van der Waals surface area contributed by atoms with Gasteiger partial charge in [0.1, 0.15) is 0 Å². The molecule has 0 aromatic carbocycles. The van der Waals surface area contributed by atoms with Gasteiger partial charge in [-0.2, -0.15) is 0 Å². The minimum atomic E-state index is 0. The molecule has 2 N–H and O–H groups in total. The van der Waals surface area contributed by atoms with Gasteiger partial charge in [-0.3, -0.25) is 4.99 Å². The lowest BCUT2D eigenvalue weighted by Crippen LogP contribution is -2.41. The van der Waals surface area contributed by atoms with Crippen molar-refractivity contribution in [3.8, 4) is 0 Å². The summed E-state index contributed by atoms with van der Waals surface area (Å²) in [6, 6.07) is 0.404. The predicted molar refractivity (Wildman–Crippen MR) is 86.5 cm³/mol. The predicted octanol–water partition coefficient (Wildman–Crippen LogP) is 1.85. The third-order valence-electron chi connectivity index (χ3n) is 2.17. The average Bonchev–Trinajstić information content (AvgIpc) is 2.76. The number of imidazole rings is 1. The zero-order valence-corrected chi connectivity index (χ0v) is 13.7. The number of aromatic nitrogens is 2. The van der Waals surface area contributed by atoms with E-state index in [0.29, 0.717) is 6.04 Å². The van der Waals surface area contributed by atoms with E-state index in [2.05, 4.69) is 45.9 Å². The first kappa shape index (κ1) is 17.2. The van der Waals surface area contributed by atoms with Crippen LogP contribution in [0.4, 0.5) is 0 Å². The lowest BCUT2D eigenvalue weighted by molar-refractivity contribution is 0.642. The van der Waals surface area contributed by atoms with Crippen LogP contribution in [0.1, 0.15) is 27.2 Å². The fourth-order valence-corrected chi connectivity index (χ4v) is 1.46. The van der Waals surface area contributed by atoms with Gasteiger partial charge in [0.05, 0.1) is 6.33 Å². The Balaban J connectivity index is 0.00000289. The standard InChI is InChI=1S/C12H23N5.HI/c1-4-14-12(16-11(2)3)15-6-5-8-17-9-7-13-10-17;/h7,9-11H,4-6,8H2,1-3H3,(H2,14,15,16);1H. The van der Waals surface area contributed by atoms with Crippen LogP contribution in [0.25, 0.3) is 0 Å². The highest BCUT2D eigenvalue weighted by atomic mass is 127. The fraction of sp³-hybridized carbons (Fsp3) is 0.667. The SMILES string of the molecule is CCNC(=NCCCn1ccnc1)NC(C)C.I. The quantitative estimate of drug-likeness (QED) is 0.350. The summed E-state index contributed by atoms with van der Waals surface area (Å²) in [6.07, 6.45) is 6.63. The summed E-state index contributed by atoms with van der Waals surface area (Å²) >= 11 is 0. The van der Waals surface area contributed by atoms with E-state index < -0.39 is 0 Å². The number of aryl methyl sites for hydroxylation is 1. The molecule has 1 aromatic heterocycles. The Morgan fingerprint density at radius 1 is 1.44 bits per heavy atom. The van der Waals surface area contributed by atoms with Gasteiger partial charge in [-0.1, -0.05) is 0 Å². The summed E-state index contributed by atoms with van der Waals surface area (Å²) in [5.41, 5.74) is 0. The second-order valence-electron chi connectivity index (χ2n) is 4.21. The maximum Gasteiger partial charge on any atom is 0.191 e. The van der Waals surface area contributed by atoms with Crippen molar-refractivity contribution in [3.05, 3.63) is 18.7 Å². The molecule has 0 bridgehead atoms. The Bertz CT molecular complexity index is 321. The maximum absolute atomic E-state index is 4.51. The van der Waals surface area contributed by atoms with Gasteiger partial charge in [0.2, 0.25) is 0 Å². The summed E-state index contributed by atoms with van der Waals surface area (Å²) in [6.45, 7) is 8.96. The highest BCUT2D eigenvalue weighted by Crippen LogP contribution is 1.91. The largest absolute Gasteiger partial charge is 0.357 e. The number of rotatable bonds is 6. The molecule has 5 nitrogen and oxygen atoms in total. The number of hydrogen-bond acceptors (Lipinski definition) is 2. The molecule has 0 aliphatic carbocycles. The van der Waals surface area contributed by atoms with Crippen molar-refractivity contribution >= 4 is 29.9 Å². The smallest absolute Gasteiger partial charge is 0.191 e. The van der Waals surface area contributed by atoms with Gasteiger partial charge >= 0.3 is 0 Å². The minimum Gasteiger partial charge on any atom is -0.357 e. The van der Waals surface area contributed by atoms with E-state index in [-0.39, 0.29) is 24.0 Å². The molecule has 0 saturated heterocycles. The second-order valence-corrected chi connectivity index (χ2v) is 4.21. The summed E-state index contributed by atoms with van der Waals surface area (Å²) < 4.78 is 2.07. The van der Waals surface area contributed by atoms with Crippen LogP contribution in [-0.2, 0) is 6.54 Å². The van der Waals surface area contributed by atoms with E-state index in [4.69, 9.17) is 0 Å². The highest BCUT2D eigenvalue weighted by molar-refractivity contribution is 14.0. The number of nitrogens with one attached hydrogen (secondary N) is 2. The summed E-state index contributed by atoms with van der Waals surface area (Å²) in [7, 11) is 0. The molecular weight excluding hydrogens is 341 g/mol. The Morgan fingerprint density at radius 3 is 2.78 bits per heavy atom. The number of halogens is 1. The molecule has 0 fully saturated rings. The van der Waals surface area contributed by atoms with E-state index in [1.54, 1.807) is 6.20 Å². The van der Waals surface area contributed by atoms with Crippen LogP contribution in [-0.4, -0.2) is 34.6 Å². The van der Waals surface area contributed by atoms with E-state index >= 15 is 0 Å². The first-order valence-corrected chi connectivity index (χ1v) is 6.23. The minimum absolute atomic E-state index is 0. The van der Waals surface area contributed by atoms with Gasteiger partial charge in [-0.05, 0) is 27.2 Å². The molecule has 0 amide bonds. The van der Waals surface area contributed by atoms with Gasteiger partial charge in [-0.25, -0.2) is 4.98 Å². The molecule has 0 aliphatic rings. The van der Waals surface area contributed by atoms with Crippen molar-refractivity contribution < 1.29 is 0 Å². The Morgan fingerprint density at radius 2 is 2.22 bits per heavy atom. The van der Waals surface area contributed by atoms with Crippen LogP contribution in [0.15, 0.2) is 23.7 Å². The zero-order chi connectivity index (χ0) is 12.5. The normalized spacial score (nSPS) is 11.2. The number of guanidine groups is 1. The van der Waals surface area contributed by atoms with Gasteiger partial charge in [0, 0.05) is 38.1 Å². The zero-order valence-electron chi connectivity index (χ0n) is 11.4. The number of nitrogens with zero attached hydrogens (tertiary/aromatic N) is 3. The van der Waals surface area contributed by atoms with Crippen molar-refractivity contribution in [1.29, 1.82) is 0 Å². The van der Waals surface area contributed by atoms with E-state index in [1.807, 2.05) is 12.5 Å². The van der Waals surface area contributed by atoms with Crippen LogP contribution in [0.3, 0.4) is 0 Å². The Kier molecular flexibility index (Phi) is 9.72. The molecule has 0 saturated carbocycles. The molecule has 18 heavy (non-hydrogen) atoms. The van der Waals surface area contributed by atoms with Crippen molar-refractivity contribution in [2.45, 2.75) is 39.8 Å². The molecule has 1 rings (SSSR count). The third-order valence-corrected chi connectivity index (χ3v) is 2.17. The molecule has 0 aliphatic heterocycles. The number of aliphatic imine (C=N–C) groups is 1. The molecular formula is C12H24IN5. The first-order chi connectivity index (χ1) is 8.22. The van der Waals surface area contributed by atoms with Crippen molar-refractivity contribution in [1.82, 2.24) is 20.2 Å². The fourth-order valence-electron chi connectivity index (χ4n) is 1.46.